The first-order valence-corrected chi connectivity index (χ1v) is 9.03. The van der Waals surface area contributed by atoms with Crippen molar-refractivity contribution in [2.75, 3.05) is 13.1 Å². The lowest BCUT2D eigenvalue weighted by Crippen LogP contribution is -2.45. The topological polar surface area (TPSA) is 70.5 Å². The molecule has 1 aliphatic rings. The summed E-state index contributed by atoms with van der Waals surface area (Å²) in [5.74, 6) is -1.61. The number of carboxylic acids is 1. The molecule has 5 nitrogen and oxygen atoms in total. The molecule has 1 fully saturated rings. The van der Waals surface area contributed by atoms with E-state index in [-0.39, 0.29) is 30.0 Å². The third kappa shape index (κ3) is 4.04. The van der Waals surface area contributed by atoms with Gasteiger partial charge in [-0.25, -0.2) is 9.37 Å². The molecule has 7 heteroatoms. The highest BCUT2D eigenvalue weighted by Gasteiger charge is 2.33. The van der Waals surface area contributed by atoms with Crippen LogP contribution >= 0.6 is 11.3 Å². The highest BCUT2D eigenvalue weighted by molar-refractivity contribution is 7.13. The molecule has 1 saturated heterocycles. The fourth-order valence-electron chi connectivity index (χ4n) is 3.15. The van der Waals surface area contributed by atoms with E-state index in [4.69, 9.17) is 5.11 Å². The van der Waals surface area contributed by atoms with E-state index < -0.39 is 5.97 Å². The molecule has 1 aromatic carbocycles. The SMILES string of the molecule is CC1CN(C(=O)Cc2csc(-c3cccc(F)c3)n2)CCC1C(=O)O. The van der Waals surface area contributed by atoms with Crippen molar-refractivity contribution in [3.8, 4) is 10.6 Å². The van der Waals surface area contributed by atoms with Crippen molar-refractivity contribution in [2.45, 2.75) is 19.8 Å². The molecular formula is C18H19FN2O3S. The molecule has 0 radical (unpaired) electrons. The number of aromatic nitrogens is 1. The quantitative estimate of drug-likeness (QED) is 0.907. The van der Waals surface area contributed by atoms with E-state index in [0.717, 1.165) is 0 Å². The maximum atomic E-state index is 13.3. The first-order chi connectivity index (χ1) is 11.9. The van der Waals surface area contributed by atoms with Crippen LogP contribution in [0.15, 0.2) is 29.6 Å². The standard InChI is InChI=1S/C18H19FN2O3S/c1-11-9-21(6-5-15(11)18(23)24)16(22)8-14-10-25-17(20-14)12-3-2-4-13(19)7-12/h2-4,7,10-11,15H,5-6,8-9H2,1H3,(H,23,24). The van der Waals surface area contributed by atoms with Crippen LogP contribution in [0.3, 0.4) is 0 Å². The number of aliphatic carboxylic acids is 1. The number of benzene rings is 1. The zero-order valence-corrected chi connectivity index (χ0v) is 14.6. The molecule has 2 unspecified atom stereocenters. The van der Waals surface area contributed by atoms with Crippen LogP contribution in [0.25, 0.3) is 10.6 Å². The Hall–Kier alpha value is -2.28. The summed E-state index contributed by atoms with van der Waals surface area (Å²) in [6, 6.07) is 6.21. The molecule has 2 aromatic rings. The first-order valence-electron chi connectivity index (χ1n) is 8.15. The Balaban J connectivity index is 1.63. The van der Waals surface area contributed by atoms with Crippen LogP contribution in [-0.4, -0.2) is 40.0 Å². The zero-order chi connectivity index (χ0) is 18.0. The highest BCUT2D eigenvalue weighted by Crippen LogP contribution is 2.26. The van der Waals surface area contributed by atoms with Crippen LogP contribution in [0, 0.1) is 17.7 Å². The summed E-state index contributed by atoms with van der Waals surface area (Å²) in [7, 11) is 0. The van der Waals surface area contributed by atoms with Gasteiger partial charge >= 0.3 is 5.97 Å². The van der Waals surface area contributed by atoms with Gasteiger partial charge < -0.3 is 10.0 Å². The molecule has 2 heterocycles. The monoisotopic (exact) mass is 362 g/mol. The van der Waals surface area contributed by atoms with Crippen molar-refractivity contribution in [2.24, 2.45) is 11.8 Å². The number of carbonyl (C=O) groups excluding carboxylic acids is 1. The Labute approximate surface area is 149 Å². The Morgan fingerprint density at radius 2 is 2.24 bits per heavy atom. The lowest BCUT2D eigenvalue weighted by atomic mass is 9.87. The van der Waals surface area contributed by atoms with Crippen LogP contribution in [0.5, 0.6) is 0 Å². The van der Waals surface area contributed by atoms with Crippen LogP contribution in [0.2, 0.25) is 0 Å². The molecule has 0 spiro atoms. The number of hydrogen-bond acceptors (Lipinski definition) is 4. The Bertz CT molecular complexity index is 792. The van der Waals surface area contributed by atoms with Crippen LogP contribution in [0.4, 0.5) is 4.39 Å². The van der Waals surface area contributed by atoms with E-state index in [2.05, 4.69) is 4.98 Å². The van der Waals surface area contributed by atoms with Gasteiger partial charge in [0.25, 0.3) is 0 Å². The van der Waals surface area contributed by atoms with Gasteiger partial charge in [0.05, 0.1) is 18.0 Å². The minimum atomic E-state index is -0.793. The molecule has 1 amide bonds. The van der Waals surface area contributed by atoms with Gasteiger partial charge in [-0.3, -0.25) is 9.59 Å². The number of hydrogen-bond donors (Lipinski definition) is 1. The van der Waals surface area contributed by atoms with E-state index in [1.165, 1.54) is 23.5 Å². The molecule has 1 aliphatic heterocycles. The third-order valence-corrected chi connectivity index (χ3v) is 5.47. The first kappa shape index (κ1) is 17.5. The molecular weight excluding hydrogens is 343 g/mol. The maximum absolute atomic E-state index is 13.3. The number of rotatable bonds is 4. The summed E-state index contributed by atoms with van der Waals surface area (Å²) >= 11 is 1.38. The summed E-state index contributed by atoms with van der Waals surface area (Å²) in [4.78, 5) is 29.8. The average molecular weight is 362 g/mol. The predicted molar refractivity (Wildman–Crippen MR) is 92.7 cm³/mol. The largest absolute Gasteiger partial charge is 0.481 e. The molecule has 0 bridgehead atoms. The fourth-order valence-corrected chi connectivity index (χ4v) is 3.96. The van der Waals surface area contributed by atoms with Gasteiger partial charge in [0, 0.05) is 24.0 Å². The Morgan fingerprint density at radius 1 is 1.44 bits per heavy atom. The second kappa shape index (κ2) is 7.31. The van der Waals surface area contributed by atoms with Gasteiger partial charge in [-0.1, -0.05) is 19.1 Å². The van der Waals surface area contributed by atoms with E-state index >= 15 is 0 Å². The van der Waals surface area contributed by atoms with E-state index in [9.17, 15) is 14.0 Å². The molecule has 1 N–H and O–H groups in total. The third-order valence-electron chi connectivity index (χ3n) is 4.53. The molecule has 132 valence electrons. The second-order valence-corrected chi connectivity index (χ2v) is 7.24. The van der Waals surface area contributed by atoms with Gasteiger partial charge in [0.2, 0.25) is 5.91 Å². The number of likely N-dealkylation sites (tertiary alicyclic amines) is 1. The van der Waals surface area contributed by atoms with Crippen molar-refractivity contribution in [3.63, 3.8) is 0 Å². The van der Waals surface area contributed by atoms with Gasteiger partial charge in [0.1, 0.15) is 10.8 Å². The summed E-state index contributed by atoms with van der Waals surface area (Å²) < 4.78 is 13.3. The molecule has 0 aliphatic carbocycles. The number of thiazole rings is 1. The average Bonchev–Trinajstić information content (AvgIpc) is 3.03. The van der Waals surface area contributed by atoms with Crippen LogP contribution in [0.1, 0.15) is 19.0 Å². The normalized spacial score (nSPS) is 20.5. The molecule has 1 aromatic heterocycles. The maximum Gasteiger partial charge on any atom is 0.306 e. The summed E-state index contributed by atoms with van der Waals surface area (Å²) in [5.41, 5.74) is 1.35. The van der Waals surface area contributed by atoms with E-state index in [1.807, 2.05) is 12.3 Å². The molecule has 25 heavy (non-hydrogen) atoms. The number of piperidine rings is 1. The zero-order valence-electron chi connectivity index (χ0n) is 13.8. The van der Waals surface area contributed by atoms with Gasteiger partial charge in [0.15, 0.2) is 0 Å². The van der Waals surface area contributed by atoms with Crippen LogP contribution < -0.4 is 0 Å². The number of carboxylic acid groups (broad SMARTS) is 1. The number of nitrogens with zero attached hydrogens (tertiary/aromatic N) is 2. The Morgan fingerprint density at radius 3 is 2.92 bits per heavy atom. The summed E-state index contributed by atoms with van der Waals surface area (Å²) in [5, 5.41) is 11.7. The van der Waals surface area contributed by atoms with Gasteiger partial charge in [-0.2, -0.15) is 0 Å². The van der Waals surface area contributed by atoms with Crippen molar-refractivity contribution in [1.29, 1.82) is 0 Å². The predicted octanol–water partition coefficient (Wildman–Crippen LogP) is 3.06. The second-order valence-electron chi connectivity index (χ2n) is 6.38. The lowest BCUT2D eigenvalue weighted by Gasteiger charge is -2.34. The number of amides is 1. The highest BCUT2D eigenvalue weighted by atomic mass is 32.1. The van der Waals surface area contributed by atoms with Crippen molar-refractivity contribution >= 4 is 23.2 Å². The molecule has 3 rings (SSSR count). The smallest absolute Gasteiger partial charge is 0.306 e. The minimum Gasteiger partial charge on any atom is -0.481 e. The van der Waals surface area contributed by atoms with Crippen molar-refractivity contribution < 1.29 is 19.1 Å². The fraction of sp³-hybridized carbons (Fsp3) is 0.389. The van der Waals surface area contributed by atoms with E-state index in [1.54, 1.807) is 17.0 Å². The minimum absolute atomic E-state index is 0.0493. The van der Waals surface area contributed by atoms with Gasteiger partial charge in [-0.15, -0.1) is 11.3 Å². The number of carbonyl (C=O) groups is 2. The molecule has 2 atom stereocenters. The lowest BCUT2D eigenvalue weighted by molar-refractivity contribution is -0.148. The Kier molecular flexibility index (Phi) is 5.13. The van der Waals surface area contributed by atoms with Crippen molar-refractivity contribution in [3.05, 3.63) is 41.2 Å². The van der Waals surface area contributed by atoms with Crippen molar-refractivity contribution in [1.82, 2.24) is 9.88 Å². The molecule has 0 saturated carbocycles. The number of halogens is 1. The van der Waals surface area contributed by atoms with Gasteiger partial charge in [-0.05, 0) is 24.5 Å². The summed E-state index contributed by atoms with van der Waals surface area (Å²) in [6.07, 6.45) is 0.657. The van der Waals surface area contributed by atoms with E-state index in [0.29, 0.717) is 35.8 Å². The van der Waals surface area contributed by atoms with Crippen LogP contribution in [-0.2, 0) is 16.0 Å². The summed E-state index contributed by atoms with van der Waals surface area (Å²) in [6.45, 7) is 2.78.